The zero-order chi connectivity index (χ0) is 22.8. The Hall–Kier alpha value is -3.31. The molecule has 0 aliphatic rings. The van der Waals surface area contributed by atoms with E-state index >= 15 is 0 Å². The van der Waals surface area contributed by atoms with Crippen LogP contribution in [0.1, 0.15) is 41.8 Å². The molecule has 0 fully saturated rings. The molecular weight excluding hydrogens is 444 g/mol. The van der Waals surface area contributed by atoms with E-state index in [1.165, 1.54) is 24.7 Å². The lowest BCUT2D eigenvalue weighted by Crippen LogP contribution is -2.15. The molecule has 12 heteroatoms. The van der Waals surface area contributed by atoms with Crippen LogP contribution in [0.15, 0.2) is 36.9 Å². The second-order valence-corrected chi connectivity index (χ2v) is 7.44. The number of ether oxygens (including phenoxy) is 1. The van der Waals surface area contributed by atoms with Gasteiger partial charge in [-0.05, 0) is 18.6 Å². The van der Waals surface area contributed by atoms with Crippen LogP contribution in [-0.4, -0.2) is 47.5 Å². The number of alkyl halides is 2. The second-order valence-electron chi connectivity index (χ2n) is 7.05. The molecule has 4 aromatic rings. The van der Waals surface area contributed by atoms with Crippen LogP contribution in [0, 0.1) is 0 Å². The first kappa shape index (κ1) is 21.9. The molecule has 0 bridgehead atoms. The fraction of sp³-hybridized carbons (Fsp3) is 0.300. The number of rotatable bonds is 8. The molecule has 4 heterocycles. The van der Waals surface area contributed by atoms with Crippen molar-refractivity contribution in [2.24, 2.45) is 0 Å². The summed E-state index contributed by atoms with van der Waals surface area (Å²) < 4.78 is 34.1. The highest BCUT2D eigenvalue weighted by Gasteiger charge is 2.21. The molecule has 0 amide bonds. The van der Waals surface area contributed by atoms with Gasteiger partial charge in [-0.1, -0.05) is 11.6 Å². The average molecular weight is 462 g/mol. The van der Waals surface area contributed by atoms with E-state index in [1.54, 1.807) is 23.9 Å². The molecule has 0 aliphatic heterocycles. The summed E-state index contributed by atoms with van der Waals surface area (Å²) in [6.45, 7) is 1.82. The summed E-state index contributed by atoms with van der Waals surface area (Å²) in [6.07, 6.45) is 2.42. The average Bonchev–Trinajstić information content (AvgIpc) is 3.42. The zero-order valence-electron chi connectivity index (χ0n) is 17.1. The van der Waals surface area contributed by atoms with Crippen molar-refractivity contribution < 1.29 is 18.3 Å². The first-order valence-corrected chi connectivity index (χ1v) is 9.96. The van der Waals surface area contributed by atoms with Gasteiger partial charge in [-0.15, -0.1) is 4.80 Å². The van der Waals surface area contributed by atoms with Gasteiger partial charge in [0.25, 0.3) is 6.43 Å². The largest absolute Gasteiger partial charge is 0.375 e. The molecule has 166 valence electrons. The normalized spacial score (nSPS) is 12.6. The Morgan fingerprint density at radius 1 is 1.16 bits per heavy atom. The number of aromatic nitrogens is 7. The predicted octanol–water partition coefficient (Wildman–Crippen LogP) is 3.36. The lowest BCUT2D eigenvalue weighted by atomic mass is 10.0. The van der Waals surface area contributed by atoms with Gasteiger partial charge in [0.15, 0.2) is 16.6 Å². The maximum atomic E-state index is 13.6. The Morgan fingerprint density at radius 2 is 1.91 bits per heavy atom. The van der Waals surface area contributed by atoms with Crippen LogP contribution in [0.2, 0.25) is 5.15 Å². The molecule has 0 saturated heterocycles. The highest BCUT2D eigenvalue weighted by atomic mass is 35.5. The van der Waals surface area contributed by atoms with Crippen molar-refractivity contribution in [2.75, 3.05) is 7.11 Å². The number of fused-ring (bicyclic) bond motifs is 1. The van der Waals surface area contributed by atoms with Crippen LogP contribution < -0.4 is 0 Å². The van der Waals surface area contributed by atoms with E-state index in [1.807, 2.05) is 6.92 Å². The SMILES string of the molecule is CO[C@@H](C)c1c(CC(=O)Cc2cnc(-n3nccn3)c(C(F)F)c2)cnc2cc(Cl)nn12. The molecule has 32 heavy (non-hydrogen) atoms. The third-order valence-corrected chi connectivity index (χ3v) is 5.08. The molecule has 4 aromatic heterocycles. The summed E-state index contributed by atoms with van der Waals surface area (Å²) in [5.41, 5.74) is 1.78. The molecule has 0 radical (unpaired) electrons. The molecule has 0 saturated carbocycles. The van der Waals surface area contributed by atoms with Crippen LogP contribution in [0.3, 0.4) is 0 Å². The molecule has 0 aromatic carbocycles. The van der Waals surface area contributed by atoms with Crippen LogP contribution >= 0.6 is 11.6 Å². The zero-order valence-corrected chi connectivity index (χ0v) is 17.9. The smallest absolute Gasteiger partial charge is 0.267 e. The van der Waals surface area contributed by atoms with Crippen molar-refractivity contribution >= 4 is 23.0 Å². The number of Topliss-reactive ketones (excluding diaryl/α,β-unsaturated/α-hetero) is 1. The van der Waals surface area contributed by atoms with Gasteiger partial charge in [0.05, 0.1) is 29.8 Å². The molecule has 0 N–H and O–H groups in total. The van der Waals surface area contributed by atoms with Crippen LogP contribution in [0.4, 0.5) is 8.78 Å². The maximum Gasteiger partial charge on any atom is 0.267 e. The first-order valence-electron chi connectivity index (χ1n) is 9.58. The van der Waals surface area contributed by atoms with Gasteiger partial charge in [0.2, 0.25) is 0 Å². The van der Waals surface area contributed by atoms with E-state index in [4.69, 9.17) is 16.3 Å². The Morgan fingerprint density at radius 3 is 2.59 bits per heavy atom. The van der Waals surface area contributed by atoms with E-state index in [0.29, 0.717) is 22.5 Å². The number of carbonyl (C=O) groups excluding carboxylic acids is 1. The monoisotopic (exact) mass is 461 g/mol. The molecule has 0 aliphatic carbocycles. The minimum absolute atomic E-state index is 0.00985. The van der Waals surface area contributed by atoms with Crippen molar-refractivity contribution in [3.05, 3.63) is 64.5 Å². The van der Waals surface area contributed by atoms with Crippen molar-refractivity contribution in [1.82, 2.24) is 34.6 Å². The lowest BCUT2D eigenvalue weighted by Gasteiger charge is -2.16. The van der Waals surface area contributed by atoms with Crippen molar-refractivity contribution in [2.45, 2.75) is 32.3 Å². The number of hydrogen-bond donors (Lipinski definition) is 0. The number of methoxy groups -OCH3 is 1. The summed E-state index contributed by atoms with van der Waals surface area (Å²) in [7, 11) is 1.54. The Kier molecular flexibility index (Phi) is 6.19. The number of halogens is 3. The van der Waals surface area contributed by atoms with E-state index in [-0.39, 0.29) is 41.3 Å². The summed E-state index contributed by atoms with van der Waals surface area (Å²) >= 11 is 6.00. The number of nitrogens with zero attached hydrogens (tertiary/aromatic N) is 7. The topological polar surface area (TPSA) is 100 Å². The van der Waals surface area contributed by atoms with E-state index in [0.717, 1.165) is 4.80 Å². The standard InChI is InChI=1S/C20H18ClF2N7O2/c1-11(32-2)18-13(10-24-17-8-16(21)28-29(17)18)7-14(31)5-12-6-15(19(22)23)20(25-9-12)30-26-3-4-27-30/h3-4,6,8-11,19H,5,7H2,1-2H3/t11-/m0/s1. The predicted molar refractivity (Wildman–Crippen MR) is 110 cm³/mol. The van der Waals surface area contributed by atoms with Gasteiger partial charge >= 0.3 is 0 Å². The highest BCUT2D eigenvalue weighted by Crippen LogP contribution is 2.26. The number of carbonyl (C=O) groups is 1. The number of hydrogen-bond acceptors (Lipinski definition) is 7. The summed E-state index contributed by atoms with van der Waals surface area (Å²) in [4.78, 5) is 22.2. The number of ketones is 1. The van der Waals surface area contributed by atoms with Gasteiger partial charge in [0, 0.05) is 44.0 Å². The minimum atomic E-state index is -2.80. The third kappa shape index (κ3) is 4.34. The van der Waals surface area contributed by atoms with E-state index < -0.39 is 6.43 Å². The first-order chi connectivity index (χ1) is 15.4. The third-order valence-electron chi connectivity index (χ3n) is 4.89. The van der Waals surface area contributed by atoms with Crippen LogP contribution in [0.5, 0.6) is 0 Å². The van der Waals surface area contributed by atoms with E-state index in [9.17, 15) is 13.6 Å². The Balaban J connectivity index is 1.60. The Bertz CT molecular complexity index is 1260. The maximum absolute atomic E-state index is 13.6. The van der Waals surface area contributed by atoms with Gasteiger partial charge in [-0.3, -0.25) is 4.79 Å². The quantitative estimate of drug-likeness (QED) is 0.396. The van der Waals surface area contributed by atoms with Gasteiger partial charge in [-0.2, -0.15) is 15.3 Å². The fourth-order valence-electron chi connectivity index (χ4n) is 3.41. The molecule has 0 spiro atoms. The summed E-state index contributed by atoms with van der Waals surface area (Å²) in [5, 5.41) is 12.2. The van der Waals surface area contributed by atoms with Crippen molar-refractivity contribution in [3.8, 4) is 5.82 Å². The van der Waals surface area contributed by atoms with Crippen LogP contribution in [-0.2, 0) is 22.4 Å². The Labute approximate surface area is 186 Å². The molecular formula is C20H18ClF2N7O2. The molecule has 1 atom stereocenters. The van der Waals surface area contributed by atoms with Crippen molar-refractivity contribution in [3.63, 3.8) is 0 Å². The molecule has 4 rings (SSSR count). The molecule has 0 unspecified atom stereocenters. The minimum Gasteiger partial charge on any atom is -0.375 e. The molecule has 9 nitrogen and oxygen atoms in total. The second kappa shape index (κ2) is 9.05. The summed E-state index contributed by atoms with van der Waals surface area (Å²) in [5.74, 6) is -0.288. The lowest BCUT2D eigenvalue weighted by molar-refractivity contribution is -0.117. The number of pyridine rings is 1. The fourth-order valence-corrected chi connectivity index (χ4v) is 3.59. The van der Waals surface area contributed by atoms with Crippen LogP contribution in [0.25, 0.3) is 11.5 Å². The van der Waals surface area contributed by atoms with Gasteiger partial charge < -0.3 is 4.74 Å². The van der Waals surface area contributed by atoms with E-state index in [2.05, 4.69) is 25.3 Å². The van der Waals surface area contributed by atoms with Crippen molar-refractivity contribution in [1.29, 1.82) is 0 Å². The van der Waals surface area contributed by atoms with Gasteiger partial charge in [0.1, 0.15) is 5.78 Å². The highest BCUT2D eigenvalue weighted by molar-refractivity contribution is 6.29. The van der Waals surface area contributed by atoms with Gasteiger partial charge in [-0.25, -0.2) is 23.3 Å². The summed E-state index contributed by atoms with van der Waals surface area (Å²) in [6, 6.07) is 2.86.